The molecule has 11 heteroatoms. The van der Waals surface area contributed by atoms with Crippen molar-refractivity contribution in [2.45, 2.75) is 43.6 Å². The van der Waals surface area contributed by atoms with Gasteiger partial charge in [0.2, 0.25) is 5.91 Å². The van der Waals surface area contributed by atoms with Crippen LogP contribution < -0.4 is 10.6 Å². The first kappa shape index (κ1) is 23.9. The maximum absolute atomic E-state index is 14.4. The molecular formula is C25H21F3N4O4. The molecule has 1 aromatic carbocycles. The summed E-state index contributed by atoms with van der Waals surface area (Å²) in [5, 5.41) is 16.0. The molecule has 4 heterocycles. The van der Waals surface area contributed by atoms with Gasteiger partial charge in [-0.1, -0.05) is 6.07 Å². The van der Waals surface area contributed by atoms with Crippen LogP contribution in [-0.2, 0) is 9.53 Å². The number of benzene rings is 1. The third-order valence-electron chi connectivity index (χ3n) is 6.32. The Hall–Kier alpha value is -3.83. The minimum atomic E-state index is -1.02. The van der Waals surface area contributed by atoms with Crippen molar-refractivity contribution in [1.29, 1.82) is 0 Å². The lowest BCUT2D eigenvalue weighted by molar-refractivity contribution is -0.150. The lowest BCUT2D eigenvalue weighted by Gasteiger charge is -2.43. The predicted molar refractivity (Wildman–Crippen MR) is 121 cm³/mol. The number of carbonyl (C=O) groups excluding carboxylic acids is 2. The SMILES string of the molecule is O=C1CCC2OC(c3ccncc3NC(=O)c3ccc(F)c(-c4c(F)cccc4F)n3)CC(O)C2N1. The summed E-state index contributed by atoms with van der Waals surface area (Å²) >= 11 is 0. The molecule has 8 nitrogen and oxygen atoms in total. The number of fused-ring (bicyclic) bond motifs is 1. The van der Waals surface area contributed by atoms with Crippen LogP contribution in [0.15, 0.2) is 48.8 Å². The largest absolute Gasteiger partial charge is 0.391 e. The van der Waals surface area contributed by atoms with E-state index in [-0.39, 0.29) is 30.1 Å². The fraction of sp³-hybridized carbons (Fsp3) is 0.280. The Morgan fingerprint density at radius 1 is 1.11 bits per heavy atom. The van der Waals surface area contributed by atoms with Crippen LogP contribution in [0.3, 0.4) is 0 Å². The van der Waals surface area contributed by atoms with Crippen molar-refractivity contribution in [2.24, 2.45) is 0 Å². The summed E-state index contributed by atoms with van der Waals surface area (Å²) in [5.74, 6) is -3.93. The number of nitrogens with zero attached hydrogens (tertiary/aromatic N) is 2. The second-order valence-electron chi connectivity index (χ2n) is 8.64. The van der Waals surface area contributed by atoms with Gasteiger partial charge >= 0.3 is 0 Å². The molecule has 2 aliphatic rings. The quantitative estimate of drug-likeness (QED) is 0.509. The number of rotatable bonds is 4. The van der Waals surface area contributed by atoms with E-state index in [2.05, 4.69) is 20.6 Å². The minimum absolute atomic E-state index is 0.143. The van der Waals surface area contributed by atoms with Gasteiger partial charge < -0.3 is 20.5 Å². The number of aliphatic hydroxyl groups is 1. The van der Waals surface area contributed by atoms with Crippen molar-refractivity contribution in [3.63, 3.8) is 0 Å². The van der Waals surface area contributed by atoms with Gasteiger partial charge in [-0.3, -0.25) is 14.6 Å². The average Bonchev–Trinajstić information content (AvgIpc) is 2.85. The number of amides is 2. The van der Waals surface area contributed by atoms with Gasteiger partial charge in [0.1, 0.15) is 28.8 Å². The minimum Gasteiger partial charge on any atom is -0.391 e. The van der Waals surface area contributed by atoms with Gasteiger partial charge in [-0.25, -0.2) is 18.2 Å². The molecule has 2 amide bonds. The van der Waals surface area contributed by atoms with Crippen molar-refractivity contribution < 1.29 is 32.6 Å². The van der Waals surface area contributed by atoms with Crippen LogP contribution in [0.1, 0.15) is 41.4 Å². The van der Waals surface area contributed by atoms with E-state index in [1.54, 1.807) is 6.07 Å². The Balaban J connectivity index is 1.40. The van der Waals surface area contributed by atoms with E-state index in [0.717, 1.165) is 30.3 Å². The van der Waals surface area contributed by atoms with E-state index < -0.39 is 59.0 Å². The van der Waals surface area contributed by atoms with Crippen LogP contribution in [-0.4, -0.2) is 45.1 Å². The summed E-state index contributed by atoms with van der Waals surface area (Å²) in [5.41, 5.74) is -0.777. The fourth-order valence-corrected chi connectivity index (χ4v) is 4.58. The number of nitrogens with one attached hydrogen (secondary N) is 2. The molecule has 3 aromatic rings. The zero-order valence-electron chi connectivity index (χ0n) is 18.7. The first-order valence-corrected chi connectivity index (χ1v) is 11.3. The Bertz CT molecular complexity index is 1320. The number of piperidine rings is 1. The van der Waals surface area contributed by atoms with Gasteiger partial charge in [0.05, 0.1) is 41.8 Å². The first-order chi connectivity index (χ1) is 17.3. The molecule has 2 saturated heterocycles. The number of anilines is 1. The highest BCUT2D eigenvalue weighted by Crippen LogP contribution is 2.37. The average molecular weight is 498 g/mol. The van der Waals surface area contributed by atoms with Crippen LogP contribution >= 0.6 is 0 Å². The second-order valence-corrected chi connectivity index (χ2v) is 8.64. The maximum atomic E-state index is 14.4. The van der Waals surface area contributed by atoms with E-state index in [1.807, 2.05) is 0 Å². The Morgan fingerprint density at radius 2 is 1.89 bits per heavy atom. The second kappa shape index (κ2) is 9.67. The molecule has 4 unspecified atom stereocenters. The Kier molecular flexibility index (Phi) is 6.42. The summed E-state index contributed by atoms with van der Waals surface area (Å²) in [4.78, 5) is 32.6. The van der Waals surface area contributed by atoms with Crippen LogP contribution in [0.4, 0.5) is 18.9 Å². The zero-order valence-corrected chi connectivity index (χ0v) is 18.7. The molecule has 36 heavy (non-hydrogen) atoms. The lowest BCUT2D eigenvalue weighted by atomic mass is 9.87. The fourth-order valence-electron chi connectivity index (χ4n) is 4.58. The number of halogens is 3. The highest BCUT2D eigenvalue weighted by atomic mass is 19.1. The summed E-state index contributed by atoms with van der Waals surface area (Å²) in [6, 6.07) is 6.20. The summed E-state index contributed by atoms with van der Waals surface area (Å²) in [6.07, 6.45) is 1.94. The van der Waals surface area contributed by atoms with Crippen LogP contribution in [0.5, 0.6) is 0 Å². The predicted octanol–water partition coefficient (Wildman–Crippen LogP) is 3.28. The lowest BCUT2D eigenvalue weighted by Crippen LogP contribution is -2.58. The number of carbonyl (C=O) groups is 2. The number of aromatic nitrogens is 2. The van der Waals surface area contributed by atoms with Crippen LogP contribution in [0, 0.1) is 17.5 Å². The van der Waals surface area contributed by atoms with Crippen LogP contribution in [0.2, 0.25) is 0 Å². The molecule has 2 aromatic heterocycles. The van der Waals surface area contributed by atoms with Gasteiger partial charge in [0, 0.05) is 24.6 Å². The smallest absolute Gasteiger partial charge is 0.274 e. The number of hydrogen-bond acceptors (Lipinski definition) is 6. The van der Waals surface area contributed by atoms with Crippen molar-refractivity contribution in [3.8, 4) is 11.3 Å². The molecule has 0 aliphatic carbocycles. The van der Waals surface area contributed by atoms with Gasteiger partial charge in [0.25, 0.3) is 5.91 Å². The molecule has 0 bridgehead atoms. The zero-order chi connectivity index (χ0) is 25.4. The number of pyridine rings is 2. The normalized spacial score (nSPS) is 23.5. The number of ether oxygens (including phenoxy) is 1. The standard InChI is InChI=1S/C25H21F3N4O4/c26-13-2-1-3-14(27)22(13)23-15(28)4-5-16(30-23)25(35)31-17-11-29-9-8-12(17)20-10-18(33)24-19(36-20)6-7-21(34)32-24/h1-5,8-9,11,18-20,24,33H,6-7,10H2,(H,31,35)(H,32,34). The molecular weight excluding hydrogens is 477 g/mol. The third kappa shape index (κ3) is 4.54. The molecule has 2 aliphatic heterocycles. The van der Waals surface area contributed by atoms with Crippen molar-refractivity contribution in [2.75, 3.05) is 5.32 Å². The van der Waals surface area contributed by atoms with E-state index in [1.165, 1.54) is 12.4 Å². The Morgan fingerprint density at radius 3 is 2.67 bits per heavy atom. The summed E-state index contributed by atoms with van der Waals surface area (Å²) in [6.45, 7) is 0. The molecule has 3 N–H and O–H groups in total. The molecule has 5 rings (SSSR count). The molecule has 186 valence electrons. The van der Waals surface area contributed by atoms with E-state index >= 15 is 0 Å². The third-order valence-corrected chi connectivity index (χ3v) is 6.32. The molecule has 2 fully saturated rings. The molecule has 0 saturated carbocycles. The van der Waals surface area contributed by atoms with Crippen molar-refractivity contribution in [1.82, 2.24) is 15.3 Å². The maximum Gasteiger partial charge on any atom is 0.274 e. The van der Waals surface area contributed by atoms with E-state index in [9.17, 15) is 27.9 Å². The molecule has 0 spiro atoms. The number of aliphatic hydroxyl groups excluding tert-OH is 1. The van der Waals surface area contributed by atoms with Gasteiger partial charge in [-0.2, -0.15) is 0 Å². The highest BCUT2D eigenvalue weighted by molar-refractivity contribution is 6.03. The molecule has 0 radical (unpaired) electrons. The molecule has 4 atom stereocenters. The summed E-state index contributed by atoms with van der Waals surface area (Å²) < 4.78 is 49.0. The van der Waals surface area contributed by atoms with E-state index in [4.69, 9.17) is 4.74 Å². The first-order valence-electron chi connectivity index (χ1n) is 11.3. The van der Waals surface area contributed by atoms with Crippen molar-refractivity contribution in [3.05, 3.63) is 77.5 Å². The van der Waals surface area contributed by atoms with Crippen LogP contribution in [0.25, 0.3) is 11.3 Å². The van der Waals surface area contributed by atoms with E-state index in [0.29, 0.717) is 12.0 Å². The Labute approximate surface area is 203 Å². The number of hydrogen-bond donors (Lipinski definition) is 3. The van der Waals surface area contributed by atoms with Gasteiger partial charge in [0.15, 0.2) is 0 Å². The highest BCUT2D eigenvalue weighted by Gasteiger charge is 2.42. The van der Waals surface area contributed by atoms with Gasteiger partial charge in [-0.15, -0.1) is 0 Å². The monoisotopic (exact) mass is 498 g/mol. The summed E-state index contributed by atoms with van der Waals surface area (Å²) in [7, 11) is 0. The topological polar surface area (TPSA) is 113 Å². The van der Waals surface area contributed by atoms with Gasteiger partial charge in [-0.05, 0) is 36.8 Å². The van der Waals surface area contributed by atoms with Crippen molar-refractivity contribution >= 4 is 17.5 Å².